The first-order chi connectivity index (χ1) is 13.3. The van der Waals surface area contributed by atoms with Gasteiger partial charge in [0.05, 0.1) is 11.3 Å². The third kappa shape index (κ3) is 3.83. The standard InChI is InChI=1S/C21H25N3O4/c1-13-14(2)22-23(3)19(25)18(13)20(26)24-10-8-15(9-11-24)12-16-6-4-5-7-17(16)21(27)28/h4-7,15H,8-12H2,1-3H3,(H,27,28). The van der Waals surface area contributed by atoms with Crippen molar-refractivity contribution in [1.82, 2.24) is 14.7 Å². The smallest absolute Gasteiger partial charge is 0.335 e. The van der Waals surface area contributed by atoms with Crippen LogP contribution in [0.1, 0.15) is 50.4 Å². The number of carboxylic acids is 1. The van der Waals surface area contributed by atoms with Crippen molar-refractivity contribution in [2.75, 3.05) is 13.1 Å². The summed E-state index contributed by atoms with van der Waals surface area (Å²) in [6.07, 6.45) is 2.24. The van der Waals surface area contributed by atoms with E-state index in [1.165, 1.54) is 4.68 Å². The Hall–Kier alpha value is -2.96. The number of piperidine rings is 1. The summed E-state index contributed by atoms with van der Waals surface area (Å²) in [5.74, 6) is -0.844. The van der Waals surface area contributed by atoms with Crippen LogP contribution in [0.15, 0.2) is 29.1 Å². The third-order valence-corrected chi connectivity index (χ3v) is 5.60. The normalized spacial score (nSPS) is 14.9. The number of carbonyl (C=O) groups is 2. The summed E-state index contributed by atoms with van der Waals surface area (Å²) in [6.45, 7) is 4.66. The monoisotopic (exact) mass is 383 g/mol. The van der Waals surface area contributed by atoms with Gasteiger partial charge in [-0.3, -0.25) is 9.59 Å². The fourth-order valence-electron chi connectivity index (χ4n) is 3.82. The highest BCUT2D eigenvalue weighted by molar-refractivity contribution is 5.95. The molecule has 0 saturated carbocycles. The van der Waals surface area contributed by atoms with Crippen molar-refractivity contribution in [2.24, 2.45) is 13.0 Å². The number of amides is 1. The first-order valence-corrected chi connectivity index (χ1v) is 9.44. The minimum Gasteiger partial charge on any atom is -0.478 e. The maximum absolute atomic E-state index is 13.0. The van der Waals surface area contributed by atoms with Gasteiger partial charge in [-0.05, 0) is 56.2 Å². The number of aromatic nitrogens is 2. The van der Waals surface area contributed by atoms with Gasteiger partial charge in [-0.1, -0.05) is 18.2 Å². The lowest BCUT2D eigenvalue weighted by molar-refractivity contribution is 0.0686. The maximum atomic E-state index is 13.0. The topological polar surface area (TPSA) is 92.5 Å². The lowest BCUT2D eigenvalue weighted by atomic mass is 9.88. The molecule has 1 aromatic heterocycles. The van der Waals surface area contributed by atoms with Crippen molar-refractivity contribution in [1.29, 1.82) is 0 Å². The Kier molecular flexibility index (Phi) is 5.63. The molecule has 3 rings (SSSR count). The molecule has 148 valence electrons. The first kappa shape index (κ1) is 19.8. The molecule has 1 aromatic carbocycles. The lowest BCUT2D eigenvalue weighted by Gasteiger charge is -2.32. The van der Waals surface area contributed by atoms with Crippen molar-refractivity contribution < 1.29 is 14.7 Å². The molecule has 7 heteroatoms. The second-order valence-electron chi connectivity index (χ2n) is 7.42. The average molecular weight is 383 g/mol. The van der Waals surface area contributed by atoms with E-state index in [4.69, 9.17) is 0 Å². The van der Waals surface area contributed by atoms with E-state index in [0.717, 1.165) is 18.4 Å². The van der Waals surface area contributed by atoms with Gasteiger partial charge >= 0.3 is 5.97 Å². The van der Waals surface area contributed by atoms with Crippen molar-refractivity contribution in [3.05, 3.63) is 62.6 Å². The predicted octanol–water partition coefficient (Wildman–Crippen LogP) is 2.19. The summed E-state index contributed by atoms with van der Waals surface area (Å²) in [6, 6.07) is 7.06. The van der Waals surface area contributed by atoms with Crippen molar-refractivity contribution in [3.63, 3.8) is 0 Å². The Morgan fingerprint density at radius 2 is 1.82 bits per heavy atom. The Bertz CT molecular complexity index is 972. The number of carbonyl (C=O) groups excluding carboxylic acids is 1. The van der Waals surface area contributed by atoms with Crippen LogP contribution in [0.3, 0.4) is 0 Å². The molecule has 28 heavy (non-hydrogen) atoms. The van der Waals surface area contributed by atoms with Crippen LogP contribution in [0, 0.1) is 19.8 Å². The molecule has 0 aliphatic carbocycles. The highest BCUT2D eigenvalue weighted by atomic mass is 16.4. The predicted molar refractivity (Wildman–Crippen MR) is 105 cm³/mol. The average Bonchev–Trinajstić information content (AvgIpc) is 2.67. The fraction of sp³-hybridized carbons (Fsp3) is 0.429. The Morgan fingerprint density at radius 3 is 2.46 bits per heavy atom. The van der Waals surface area contributed by atoms with Gasteiger partial charge < -0.3 is 10.0 Å². The van der Waals surface area contributed by atoms with Gasteiger partial charge in [0.2, 0.25) is 0 Å². The highest BCUT2D eigenvalue weighted by Crippen LogP contribution is 2.24. The maximum Gasteiger partial charge on any atom is 0.335 e. The quantitative estimate of drug-likeness (QED) is 0.874. The fourth-order valence-corrected chi connectivity index (χ4v) is 3.82. The number of benzene rings is 1. The van der Waals surface area contributed by atoms with Gasteiger partial charge in [0, 0.05) is 20.1 Å². The van der Waals surface area contributed by atoms with Gasteiger partial charge in [0.1, 0.15) is 5.56 Å². The van der Waals surface area contributed by atoms with Crippen LogP contribution in [-0.4, -0.2) is 44.8 Å². The van der Waals surface area contributed by atoms with Gasteiger partial charge in [-0.2, -0.15) is 5.10 Å². The van der Waals surface area contributed by atoms with E-state index in [9.17, 15) is 19.5 Å². The zero-order chi connectivity index (χ0) is 20.4. The van der Waals surface area contributed by atoms with E-state index in [0.29, 0.717) is 42.2 Å². The molecule has 1 fully saturated rings. The van der Waals surface area contributed by atoms with Crippen LogP contribution < -0.4 is 5.56 Å². The van der Waals surface area contributed by atoms with Crippen LogP contribution in [-0.2, 0) is 13.5 Å². The Morgan fingerprint density at radius 1 is 1.18 bits per heavy atom. The molecule has 0 bridgehead atoms. The van der Waals surface area contributed by atoms with Crippen LogP contribution in [0.25, 0.3) is 0 Å². The third-order valence-electron chi connectivity index (χ3n) is 5.60. The SMILES string of the molecule is Cc1nn(C)c(=O)c(C(=O)N2CCC(Cc3ccccc3C(=O)O)CC2)c1C. The Balaban J connectivity index is 1.71. The van der Waals surface area contributed by atoms with E-state index in [2.05, 4.69) is 5.10 Å². The van der Waals surface area contributed by atoms with E-state index < -0.39 is 5.97 Å². The second kappa shape index (κ2) is 7.96. The number of aryl methyl sites for hydroxylation is 2. The van der Waals surface area contributed by atoms with Gasteiger partial charge in [0.15, 0.2) is 0 Å². The molecular formula is C21H25N3O4. The molecule has 1 aliphatic heterocycles. The van der Waals surface area contributed by atoms with Crippen LogP contribution in [0.4, 0.5) is 0 Å². The molecule has 0 atom stereocenters. The number of aromatic carboxylic acids is 1. The van der Waals surface area contributed by atoms with Crippen molar-refractivity contribution >= 4 is 11.9 Å². The van der Waals surface area contributed by atoms with E-state index in [1.807, 2.05) is 12.1 Å². The number of rotatable bonds is 4. The van der Waals surface area contributed by atoms with Gasteiger partial charge in [-0.25, -0.2) is 9.48 Å². The van der Waals surface area contributed by atoms with Crippen LogP contribution >= 0.6 is 0 Å². The van der Waals surface area contributed by atoms with Crippen LogP contribution in [0.2, 0.25) is 0 Å². The van der Waals surface area contributed by atoms with Crippen LogP contribution in [0.5, 0.6) is 0 Å². The molecule has 1 saturated heterocycles. The molecule has 0 radical (unpaired) electrons. The number of hydrogen-bond donors (Lipinski definition) is 1. The minimum absolute atomic E-state index is 0.199. The lowest BCUT2D eigenvalue weighted by Crippen LogP contribution is -2.42. The summed E-state index contributed by atoms with van der Waals surface area (Å²) < 4.78 is 1.21. The number of carboxylic acid groups (broad SMARTS) is 1. The largest absolute Gasteiger partial charge is 0.478 e. The Labute approximate surface area is 163 Å². The number of likely N-dealkylation sites (tertiary alicyclic amines) is 1. The number of hydrogen-bond acceptors (Lipinski definition) is 4. The van der Waals surface area contributed by atoms with E-state index in [1.54, 1.807) is 37.9 Å². The highest BCUT2D eigenvalue weighted by Gasteiger charge is 2.28. The van der Waals surface area contributed by atoms with E-state index >= 15 is 0 Å². The number of nitrogens with zero attached hydrogens (tertiary/aromatic N) is 3. The molecule has 0 spiro atoms. The summed E-state index contributed by atoms with van der Waals surface area (Å²) in [5.41, 5.74) is 2.30. The first-order valence-electron chi connectivity index (χ1n) is 9.44. The van der Waals surface area contributed by atoms with E-state index in [-0.39, 0.29) is 17.0 Å². The molecule has 0 unspecified atom stereocenters. The minimum atomic E-state index is -0.914. The van der Waals surface area contributed by atoms with Crippen molar-refractivity contribution in [2.45, 2.75) is 33.1 Å². The molecule has 2 heterocycles. The summed E-state index contributed by atoms with van der Waals surface area (Å²) in [5, 5.41) is 13.5. The van der Waals surface area contributed by atoms with Gasteiger partial charge in [0.25, 0.3) is 11.5 Å². The molecule has 2 aromatic rings. The van der Waals surface area contributed by atoms with Crippen molar-refractivity contribution in [3.8, 4) is 0 Å². The molecule has 1 amide bonds. The summed E-state index contributed by atoms with van der Waals surface area (Å²) in [7, 11) is 1.55. The molecule has 1 N–H and O–H groups in total. The molecule has 1 aliphatic rings. The molecular weight excluding hydrogens is 358 g/mol. The zero-order valence-corrected chi connectivity index (χ0v) is 16.4. The summed E-state index contributed by atoms with van der Waals surface area (Å²) >= 11 is 0. The molecule has 7 nitrogen and oxygen atoms in total. The zero-order valence-electron chi connectivity index (χ0n) is 16.4. The summed E-state index contributed by atoms with van der Waals surface area (Å²) in [4.78, 5) is 38.5. The van der Waals surface area contributed by atoms with Gasteiger partial charge in [-0.15, -0.1) is 0 Å². The second-order valence-corrected chi connectivity index (χ2v) is 7.42.